The fourth-order valence-corrected chi connectivity index (χ4v) is 2.39. The number of ether oxygens (including phenoxy) is 1. The zero-order valence-electron chi connectivity index (χ0n) is 16.8. The number of rotatable bonds is 1. The number of carbonyl (C=O) groups excluding carboxylic acids is 1. The van der Waals surface area contributed by atoms with Gasteiger partial charge in [0.25, 0.3) is 0 Å². The van der Waals surface area contributed by atoms with Gasteiger partial charge in [-0.25, -0.2) is 4.79 Å². The van der Waals surface area contributed by atoms with Crippen molar-refractivity contribution in [1.29, 1.82) is 0 Å². The van der Waals surface area contributed by atoms with E-state index in [1.165, 1.54) is 0 Å². The number of H-pyrrole nitrogens is 1. The molecule has 1 fully saturated rings. The maximum Gasteiger partial charge on any atom is 0.435 e. The number of nitrogens with zero attached hydrogens (tertiary/aromatic N) is 2. The van der Waals surface area contributed by atoms with E-state index in [-0.39, 0.29) is 12.0 Å². The van der Waals surface area contributed by atoms with Crippen LogP contribution in [0.5, 0.6) is 0 Å². The van der Waals surface area contributed by atoms with Gasteiger partial charge in [0, 0.05) is 24.7 Å². The molecule has 0 radical (unpaired) electrons. The minimum Gasteiger partial charge on any atom is -0.444 e. The molecule has 26 heavy (non-hydrogen) atoms. The van der Waals surface area contributed by atoms with Crippen molar-refractivity contribution in [2.75, 3.05) is 13.1 Å². The fraction of sp³-hybridized carbons (Fsp3) is 0.778. The number of nitrogens with one attached hydrogen (secondary N) is 1. The lowest BCUT2D eigenvalue weighted by atomic mass is 9.93. The van der Waals surface area contributed by atoms with Crippen molar-refractivity contribution in [2.45, 2.75) is 79.0 Å². The summed E-state index contributed by atoms with van der Waals surface area (Å²) in [4.78, 5) is 13.5. The predicted molar refractivity (Wildman–Crippen MR) is 96.1 cm³/mol. The first-order chi connectivity index (χ1) is 12.1. The Morgan fingerprint density at radius 2 is 1.65 bits per heavy atom. The first kappa shape index (κ1) is 24.3. The van der Waals surface area contributed by atoms with Crippen LogP contribution in [0.2, 0.25) is 0 Å². The predicted octanol–water partition coefficient (Wildman–Crippen LogP) is 5.60. The number of hydrogen-bond acceptors (Lipinski definition) is 3. The third kappa shape index (κ3) is 7.66. The van der Waals surface area contributed by atoms with Crippen LogP contribution >= 0.6 is 0 Å². The molecule has 1 amide bonds. The molecule has 8 heteroatoms. The lowest BCUT2D eigenvalue weighted by Crippen LogP contribution is -2.41. The van der Waals surface area contributed by atoms with Crippen molar-refractivity contribution in [1.82, 2.24) is 15.1 Å². The summed E-state index contributed by atoms with van der Waals surface area (Å²) >= 11 is 0. The molecule has 1 aliphatic rings. The number of carbonyl (C=O) groups is 1. The van der Waals surface area contributed by atoms with E-state index in [1.54, 1.807) is 25.7 Å². The van der Waals surface area contributed by atoms with E-state index in [9.17, 15) is 18.0 Å². The lowest BCUT2D eigenvalue weighted by Gasteiger charge is -2.33. The molecular weight excluding hydrogens is 347 g/mol. The highest BCUT2D eigenvalue weighted by Crippen LogP contribution is 2.32. The average Bonchev–Trinajstić information content (AvgIpc) is 3.07. The molecule has 1 saturated heterocycles. The van der Waals surface area contributed by atoms with Crippen LogP contribution in [0, 0.1) is 0 Å². The first-order valence-corrected chi connectivity index (χ1v) is 9.17. The molecule has 1 aromatic heterocycles. The van der Waals surface area contributed by atoms with Gasteiger partial charge >= 0.3 is 12.3 Å². The zero-order valence-corrected chi connectivity index (χ0v) is 16.8. The molecule has 1 aliphatic heterocycles. The Balaban J connectivity index is 0.00000146. The largest absolute Gasteiger partial charge is 0.444 e. The number of hydrogen-bond donors (Lipinski definition) is 1. The summed E-state index contributed by atoms with van der Waals surface area (Å²) in [5, 5.41) is 5.77. The summed E-state index contributed by atoms with van der Waals surface area (Å²) in [6.07, 6.45) is -3.66. The van der Waals surface area contributed by atoms with Crippen LogP contribution in [-0.2, 0) is 10.9 Å². The van der Waals surface area contributed by atoms with Gasteiger partial charge in [0.05, 0.1) is 0 Å². The van der Waals surface area contributed by atoms with Crippen molar-refractivity contribution in [3.05, 3.63) is 17.5 Å². The SMILES string of the molecule is CC.CC.CC(C)(C)OC(=O)N1CCC(c2cc(C(F)(F)F)n[nH]2)CC1. The van der Waals surface area contributed by atoms with Crippen LogP contribution in [0.1, 0.15) is 78.6 Å². The Morgan fingerprint density at radius 3 is 2.04 bits per heavy atom. The van der Waals surface area contributed by atoms with E-state index in [4.69, 9.17) is 4.74 Å². The number of aromatic amines is 1. The summed E-state index contributed by atoms with van der Waals surface area (Å²) in [5.41, 5.74) is -0.993. The molecule has 0 spiro atoms. The molecule has 5 nitrogen and oxygen atoms in total. The lowest BCUT2D eigenvalue weighted by molar-refractivity contribution is -0.141. The van der Waals surface area contributed by atoms with E-state index >= 15 is 0 Å². The Hall–Kier alpha value is -1.73. The van der Waals surface area contributed by atoms with E-state index in [0.717, 1.165) is 6.07 Å². The summed E-state index contributed by atoms with van der Waals surface area (Å²) in [6.45, 7) is 14.3. The minimum atomic E-state index is -4.44. The van der Waals surface area contributed by atoms with Crippen LogP contribution in [0.3, 0.4) is 0 Å². The third-order valence-electron chi connectivity index (χ3n) is 3.47. The molecule has 2 heterocycles. The van der Waals surface area contributed by atoms with E-state index in [1.807, 2.05) is 27.7 Å². The topological polar surface area (TPSA) is 58.2 Å². The second-order valence-electron chi connectivity index (χ2n) is 6.45. The zero-order chi connectivity index (χ0) is 20.5. The molecule has 1 N–H and O–H groups in total. The maximum absolute atomic E-state index is 12.5. The molecule has 1 aromatic rings. The van der Waals surface area contributed by atoms with Crippen LogP contribution < -0.4 is 0 Å². The number of aromatic nitrogens is 2. The fourth-order valence-electron chi connectivity index (χ4n) is 2.39. The Labute approximate surface area is 154 Å². The molecule has 0 atom stereocenters. The maximum atomic E-state index is 12.5. The molecule has 0 saturated carbocycles. The van der Waals surface area contributed by atoms with E-state index in [0.29, 0.717) is 31.6 Å². The van der Waals surface area contributed by atoms with Crippen molar-refractivity contribution in [2.24, 2.45) is 0 Å². The van der Waals surface area contributed by atoms with Crippen molar-refractivity contribution < 1.29 is 22.7 Å². The Bertz CT molecular complexity index is 529. The van der Waals surface area contributed by atoms with E-state index < -0.39 is 17.5 Å². The van der Waals surface area contributed by atoms with Gasteiger partial charge in [-0.15, -0.1) is 0 Å². The smallest absolute Gasteiger partial charge is 0.435 e. The standard InChI is InChI=1S/C14H20F3N3O2.2C2H6/c1-13(2,3)22-12(21)20-6-4-9(5-7-20)10-8-11(19-18-10)14(15,16)17;2*1-2/h8-9H,4-7H2,1-3H3,(H,18,19);2*1-2H3. The van der Waals surface area contributed by atoms with Gasteiger partial charge < -0.3 is 9.64 Å². The van der Waals surface area contributed by atoms with Gasteiger partial charge in [0.2, 0.25) is 0 Å². The molecule has 2 rings (SSSR count). The molecular formula is C18H32F3N3O2. The highest BCUT2D eigenvalue weighted by molar-refractivity contribution is 5.68. The Kier molecular flexibility index (Phi) is 9.73. The Morgan fingerprint density at radius 1 is 1.15 bits per heavy atom. The van der Waals surface area contributed by atoms with Crippen LogP contribution in [-0.4, -0.2) is 39.9 Å². The third-order valence-corrected chi connectivity index (χ3v) is 3.47. The van der Waals surface area contributed by atoms with Crippen molar-refractivity contribution in [3.8, 4) is 0 Å². The number of halogens is 3. The van der Waals surface area contributed by atoms with Gasteiger partial charge in [-0.05, 0) is 39.7 Å². The molecule has 0 bridgehead atoms. The van der Waals surface area contributed by atoms with Crippen LogP contribution in [0.25, 0.3) is 0 Å². The van der Waals surface area contributed by atoms with Crippen molar-refractivity contribution >= 4 is 6.09 Å². The highest BCUT2D eigenvalue weighted by Gasteiger charge is 2.35. The van der Waals surface area contributed by atoms with Crippen LogP contribution in [0.4, 0.5) is 18.0 Å². The summed E-state index contributed by atoms with van der Waals surface area (Å²) in [5.74, 6) is -0.0534. The normalized spacial score (nSPS) is 15.4. The number of likely N-dealkylation sites (tertiary alicyclic amines) is 1. The van der Waals surface area contributed by atoms with Crippen LogP contribution in [0.15, 0.2) is 6.07 Å². The first-order valence-electron chi connectivity index (χ1n) is 9.17. The number of alkyl halides is 3. The second-order valence-corrected chi connectivity index (χ2v) is 6.45. The minimum absolute atomic E-state index is 0.0534. The molecule has 0 aliphatic carbocycles. The summed E-state index contributed by atoms with van der Waals surface area (Å²) < 4.78 is 42.9. The summed E-state index contributed by atoms with van der Waals surface area (Å²) in [7, 11) is 0. The highest BCUT2D eigenvalue weighted by atomic mass is 19.4. The van der Waals surface area contributed by atoms with Crippen molar-refractivity contribution in [3.63, 3.8) is 0 Å². The summed E-state index contributed by atoms with van der Waals surface area (Å²) in [6, 6.07) is 1.05. The van der Waals surface area contributed by atoms with Gasteiger partial charge in [-0.2, -0.15) is 18.3 Å². The molecule has 0 unspecified atom stereocenters. The van der Waals surface area contributed by atoms with Gasteiger partial charge in [-0.1, -0.05) is 27.7 Å². The quantitative estimate of drug-likeness (QED) is 0.691. The monoisotopic (exact) mass is 379 g/mol. The van der Waals surface area contributed by atoms with E-state index in [2.05, 4.69) is 10.2 Å². The number of amides is 1. The molecule has 152 valence electrons. The van der Waals surface area contributed by atoms with Gasteiger partial charge in [0.15, 0.2) is 5.69 Å². The second kappa shape index (κ2) is 10.4. The van der Waals surface area contributed by atoms with Gasteiger partial charge in [0.1, 0.15) is 5.60 Å². The molecule has 0 aromatic carbocycles. The average molecular weight is 379 g/mol. The number of piperidine rings is 1. The van der Waals surface area contributed by atoms with Gasteiger partial charge in [-0.3, -0.25) is 5.10 Å².